The van der Waals surface area contributed by atoms with E-state index in [-0.39, 0.29) is 11.8 Å². The number of carbonyl (C=O) groups excluding carboxylic acids is 1. The van der Waals surface area contributed by atoms with Crippen LogP contribution in [-0.2, 0) is 9.59 Å². The zero-order valence-electron chi connectivity index (χ0n) is 12.8. The highest BCUT2D eigenvalue weighted by atomic mass is 16.4. The number of nitrogens with zero attached hydrogens (tertiary/aromatic N) is 2. The summed E-state index contributed by atoms with van der Waals surface area (Å²) in [6, 6.07) is 0.613. The second kappa shape index (κ2) is 5.95. The summed E-state index contributed by atoms with van der Waals surface area (Å²) in [4.78, 5) is 28.4. The van der Waals surface area contributed by atoms with Gasteiger partial charge >= 0.3 is 5.97 Å². The quantitative estimate of drug-likeness (QED) is 0.837. The zero-order chi connectivity index (χ0) is 15.0. The monoisotopic (exact) mass is 294 g/mol. The molecule has 4 atom stereocenters. The van der Waals surface area contributed by atoms with Crippen LogP contribution in [0.25, 0.3) is 0 Å². The number of likely N-dealkylation sites (tertiary alicyclic amines) is 2. The summed E-state index contributed by atoms with van der Waals surface area (Å²) in [5.74, 6) is -0.847. The van der Waals surface area contributed by atoms with Crippen molar-refractivity contribution in [3.8, 4) is 0 Å². The maximum Gasteiger partial charge on any atom is 0.307 e. The van der Waals surface area contributed by atoms with Gasteiger partial charge in [-0.1, -0.05) is 6.42 Å². The molecule has 0 aromatic heterocycles. The van der Waals surface area contributed by atoms with Gasteiger partial charge in [0.25, 0.3) is 0 Å². The van der Waals surface area contributed by atoms with Crippen molar-refractivity contribution in [1.82, 2.24) is 9.80 Å². The van der Waals surface area contributed by atoms with Crippen molar-refractivity contribution in [2.24, 2.45) is 17.8 Å². The van der Waals surface area contributed by atoms with Crippen molar-refractivity contribution < 1.29 is 14.7 Å². The van der Waals surface area contributed by atoms with E-state index < -0.39 is 11.9 Å². The van der Waals surface area contributed by atoms with Crippen LogP contribution in [0.1, 0.15) is 38.5 Å². The molecule has 2 heterocycles. The second-order valence-corrected chi connectivity index (χ2v) is 7.01. The van der Waals surface area contributed by atoms with E-state index in [1.165, 1.54) is 19.4 Å². The van der Waals surface area contributed by atoms with Gasteiger partial charge in [-0.3, -0.25) is 9.59 Å². The lowest BCUT2D eigenvalue weighted by atomic mass is 9.83. The lowest BCUT2D eigenvalue weighted by Crippen LogP contribution is -2.55. The van der Waals surface area contributed by atoms with E-state index in [2.05, 4.69) is 11.9 Å². The van der Waals surface area contributed by atoms with Crippen molar-refractivity contribution in [2.45, 2.75) is 44.6 Å². The fourth-order valence-electron chi connectivity index (χ4n) is 4.64. The number of piperidine rings is 2. The van der Waals surface area contributed by atoms with E-state index in [9.17, 15) is 14.7 Å². The first-order valence-electron chi connectivity index (χ1n) is 8.29. The molecule has 118 valence electrons. The predicted octanol–water partition coefficient (Wildman–Crippen LogP) is 1.43. The third-order valence-electron chi connectivity index (χ3n) is 5.81. The van der Waals surface area contributed by atoms with Crippen LogP contribution >= 0.6 is 0 Å². The Morgan fingerprint density at radius 2 is 1.76 bits per heavy atom. The van der Waals surface area contributed by atoms with E-state index >= 15 is 0 Å². The number of aliphatic carboxylic acids is 1. The van der Waals surface area contributed by atoms with Crippen LogP contribution in [0.4, 0.5) is 0 Å². The molecule has 0 bridgehead atoms. The van der Waals surface area contributed by atoms with Crippen molar-refractivity contribution >= 4 is 11.9 Å². The first-order valence-corrected chi connectivity index (χ1v) is 8.29. The molecule has 1 N–H and O–H groups in total. The van der Waals surface area contributed by atoms with Gasteiger partial charge in [0.15, 0.2) is 0 Å². The van der Waals surface area contributed by atoms with Gasteiger partial charge in [0.2, 0.25) is 5.91 Å². The van der Waals surface area contributed by atoms with Gasteiger partial charge < -0.3 is 14.9 Å². The Kier molecular flexibility index (Phi) is 4.20. The number of fused-ring (bicyclic) bond motifs is 1. The Balaban J connectivity index is 1.65. The lowest BCUT2D eigenvalue weighted by molar-refractivity contribution is -0.150. The van der Waals surface area contributed by atoms with E-state index in [0.717, 1.165) is 32.4 Å². The molecule has 2 saturated heterocycles. The SMILES string of the molecule is CN1CCCC2CN(C(=O)C3CCCC3C(=O)O)CCC21. The minimum Gasteiger partial charge on any atom is -0.481 e. The molecule has 5 nitrogen and oxygen atoms in total. The molecular formula is C16H26N2O3. The molecule has 0 aromatic carbocycles. The summed E-state index contributed by atoms with van der Waals surface area (Å²) < 4.78 is 0. The van der Waals surface area contributed by atoms with Crippen molar-refractivity contribution in [1.29, 1.82) is 0 Å². The zero-order valence-corrected chi connectivity index (χ0v) is 12.8. The summed E-state index contributed by atoms with van der Waals surface area (Å²) in [6.07, 6.45) is 5.73. The minimum atomic E-state index is -0.793. The Morgan fingerprint density at radius 3 is 2.52 bits per heavy atom. The molecule has 0 spiro atoms. The van der Waals surface area contributed by atoms with E-state index in [1.807, 2.05) is 4.90 Å². The third kappa shape index (κ3) is 2.80. The van der Waals surface area contributed by atoms with E-state index in [0.29, 0.717) is 18.4 Å². The Hall–Kier alpha value is -1.10. The van der Waals surface area contributed by atoms with Crippen LogP contribution in [0.5, 0.6) is 0 Å². The van der Waals surface area contributed by atoms with Crippen LogP contribution in [-0.4, -0.2) is 59.5 Å². The summed E-state index contributed by atoms with van der Waals surface area (Å²) in [7, 11) is 2.19. The number of carboxylic acid groups (broad SMARTS) is 1. The van der Waals surface area contributed by atoms with Gasteiger partial charge in [-0.05, 0) is 51.6 Å². The smallest absolute Gasteiger partial charge is 0.307 e. The lowest BCUT2D eigenvalue weighted by Gasteiger charge is -2.46. The standard InChI is InChI=1S/C16H26N2O3/c1-17-8-3-4-11-10-18(9-7-14(11)17)15(19)12-5-2-6-13(12)16(20)21/h11-14H,2-10H2,1H3,(H,20,21). The van der Waals surface area contributed by atoms with Crippen LogP contribution in [0, 0.1) is 17.8 Å². The highest BCUT2D eigenvalue weighted by Crippen LogP contribution is 2.36. The molecule has 4 unspecified atom stereocenters. The van der Waals surface area contributed by atoms with Crippen molar-refractivity contribution in [3.63, 3.8) is 0 Å². The molecule has 1 amide bonds. The summed E-state index contributed by atoms with van der Waals surface area (Å²) in [5, 5.41) is 9.28. The first-order chi connectivity index (χ1) is 10.1. The fourth-order valence-corrected chi connectivity index (χ4v) is 4.64. The molecular weight excluding hydrogens is 268 g/mol. The van der Waals surface area contributed by atoms with E-state index in [1.54, 1.807) is 0 Å². The molecule has 5 heteroatoms. The predicted molar refractivity (Wildman–Crippen MR) is 78.8 cm³/mol. The van der Waals surface area contributed by atoms with Gasteiger partial charge in [-0.25, -0.2) is 0 Å². The normalized spacial score (nSPS) is 37.3. The second-order valence-electron chi connectivity index (χ2n) is 7.01. The molecule has 0 aromatic rings. The average molecular weight is 294 g/mol. The van der Waals surface area contributed by atoms with Gasteiger partial charge in [-0.15, -0.1) is 0 Å². The van der Waals surface area contributed by atoms with Crippen LogP contribution in [0.3, 0.4) is 0 Å². The minimum absolute atomic E-state index is 0.103. The molecule has 0 radical (unpaired) electrons. The fraction of sp³-hybridized carbons (Fsp3) is 0.875. The van der Waals surface area contributed by atoms with Crippen molar-refractivity contribution in [2.75, 3.05) is 26.7 Å². The number of rotatable bonds is 2. The molecule has 21 heavy (non-hydrogen) atoms. The van der Waals surface area contributed by atoms with Crippen LogP contribution < -0.4 is 0 Å². The average Bonchev–Trinajstić information content (AvgIpc) is 2.96. The Bertz CT molecular complexity index is 426. The van der Waals surface area contributed by atoms with Gasteiger partial charge in [0.1, 0.15) is 0 Å². The van der Waals surface area contributed by atoms with Gasteiger partial charge in [0.05, 0.1) is 11.8 Å². The van der Waals surface area contributed by atoms with Crippen LogP contribution in [0.2, 0.25) is 0 Å². The number of amides is 1. The Labute approximate surface area is 126 Å². The molecule has 3 aliphatic rings. The number of hydrogen-bond acceptors (Lipinski definition) is 3. The van der Waals surface area contributed by atoms with E-state index in [4.69, 9.17) is 0 Å². The van der Waals surface area contributed by atoms with Crippen LogP contribution in [0.15, 0.2) is 0 Å². The largest absolute Gasteiger partial charge is 0.481 e. The Morgan fingerprint density at radius 1 is 1.00 bits per heavy atom. The summed E-state index contributed by atoms with van der Waals surface area (Å²) in [5.41, 5.74) is 0. The van der Waals surface area contributed by atoms with Crippen molar-refractivity contribution in [3.05, 3.63) is 0 Å². The van der Waals surface area contributed by atoms with Gasteiger partial charge in [-0.2, -0.15) is 0 Å². The summed E-state index contributed by atoms with van der Waals surface area (Å²) in [6.45, 7) is 2.79. The maximum atomic E-state index is 12.7. The first kappa shape index (κ1) is 14.8. The number of hydrogen-bond donors (Lipinski definition) is 1. The molecule has 2 aliphatic heterocycles. The topological polar surface area (TPSA) is 60.9 Å². The third-order valence-corrected chi connectivity index (χ3v) is 5.81. The highest BCUT2D eigenvalue weighted by Gasteiger charge is 2.42. The molecule has 1 saturated carbocycles. The molecule has 1 aliphatic carbocycles. The molecule has 3 fully saturated rings. The van der Waals surface area contributed by atoms with Gasteiger partial charge in [0, 0.05) is 19.1 Å². The highest BCUT2D eigenvalue weighted by molar-refractivity contribution is 5.85. The number of carboxylic acids is 1. The summed E-state index contributed by atoms with van der Waals surface area (Å²) >= 11 is 0. The molecule has 3 rings (SSSR count). The number of carbonyl (C=O) groups is 2. The maximum absolute atomic E-state index is 12.7.